The van der Waals surface area contributed by atoms with Crippen molar-refractivity contribution in [3.63, 3.8) is 0 Å². The van der Waals surface area contributed by atoms with Crippen molar-refractivity contribution in [3.8, 4) is 0 Å². The molecule has 1 amide bonds. The third-order valence-corrected chi connectivity index (χ3v) is 6.64. The lowest BCUT2D eigenvalue weighted by Gasteiger charge is -2.36. The van der Waals surface area contributed by atoms with Crippen LogP contribution in [-0.2, 0) is 9.53 Å². The van der Waals surface area contributed by atoms with Gasteiger partial charge in [-0.15, -0.1) is 16.9 Å². The van der Waals surface area contributed by atoms with Crippen LogP contribution in [0, 0.1) is 11.4 Å². The highest BCUT2D eigenvalue weighted by molar-refractivity contribution is 8.01. The lowest BCUT2D eigenvalue weighted by molar-refractivity contribution is -0.122. The number of hydrogen-bond acceptors (Lipinski definition) is 6. The fourth-order valence-corrected chi connectivity index (χ4v) is 3.99. The lowest BCUT2D eigenvalue weighted by Crippen LogP contribution is -2.44. The molecule has 0 aromatic heterocycles. The van der Waals surface area contributed by atoms with E-state index < -0.39 is 4.75 Å². The first-order valence-electron chi connectivity index (χ1n) is 9.81. The Balaban J connectivity index is 2.53. The molecular formula is C20H38N4O2S. The molecule has 0 aliphatic carbocycles. The zero-order valence-corrected chi connectivity index (χ0v) is 18.9. The summed E-state index contributed by atoms with van der Waals surface area (Å²) < 4.78 is 4.85. The second-order valence-electron chi connectivity index (χ2n) is 8.90. The molecule has 0 aromatic rings. The predicted molar refractivity (Wildman–Crippen MR) is 113 cm³/mol. The van der Waals surface area contributed by atoms with E-state index in [1.807, 2.05) is 19.9 Å². The van der Waals surface area contributed by atoms with Crippen molar-refractivity contribution in [2.75, 3.05) is 26.0 Å². The Labute approximate surface area is 169 Å². The largest absolute Gasteiger partial charge is 0.381 e. The van der Waals surface area contributed by atoms with E-state index >= 15 is 0 Å². The molecule has 1 rings (SSSR count). The van der Waals surface area contributed by atoms with Gasteiger partial charge in [0.25, 0.3) is 0 Å². The molecule has 1 heterocycles. The number of ether oxygens (including phenoxy) is 1. The molecule has 0 saturated carbocycles. The highest BCUT2D eigenvalue weighted by Crippen LogP contribution is 2.28. The summed E-state index contributed by atoms with van der Waals surface area (Å²) in [6, 6.07) is 0.287. The van der Waals surface area contributed by atoms with E-state index in [0.29, 0.717) is 11.7 Å². The summed E-state index contributed by atoms with van der Waals surface area (Å²) in [5.74, 6) is 1.77. The van der Waals surface area contributed by atoms with Crippen LogP contribution in [0.2, 0.25) is 0 Å². The molecule has 0 spiro atoms. The number of thioether (sulfide) groups is 1. The van der Waals surface area contributed by atoms with E-state index in [9.17, 15) is 4.79 Å². The number of carbonyl (C=O) groups is 1. The molecule has 1 aliphatic rings. The minimum atomic E-state index is -0.558. The molecule has 1 aliphatic heterocycles. The Morgan fingerprint density at radius 2 is 2.07 bits per heavy atom. The second-order valence-corrected chi connectivity index (χ2v) is 10.6. The fourth-order valence-electron chi connectivity index (χ4n) is 2.85. The zero-order valence-electron chi connectivity index (χ0n) is 18.1. The Bertz CT molecular complexity index is 523. The van der Waals surface area contributed by atoms with Crippen LogP contribution in [0.15, 0.2) is 17.0 Å². The average Bonchev–Trinajstić information content (AvgIpc) is 3.09. The normalized spacial score (nSPS) is 20.0. The van der Waals surface area contributed by atoms with Crippen molar-refractivity contribution >= 4 is 17.7 Å². The molecular weight excluding hydrogens is 360 g/mol. The van der Waals surface area contributed by atoms with Gasteiger partial charge < -0.3 is 10.1 Å². The molecule has 27 heavy (non-hydrogen) atoms. The molecule has 156 valence electrons. The van der Waals surface area contributed by atoms with Crippen LogP contribution in [0.1, 0.15) is 60.8 Å². The van der Waals surface area contributed by atoms with Crippen molar-refractivity contribution in [2.45, 2.75) is 77.1 Å². The van der Waals surface area contributed by atoms with Crippen LogP contribution in [0.5, 0.6) is 0 Å². The Kier molecular flexibility index (Phi) is 9.45. The number of hydrogen-bond donors (Lipinski definition) is 2. The molecule has 0 radical (unpaired) electrons. The minimum absolute atomic E-state index is 0.0672. The SMILES string of the molecule is CC(CC=C(N=N)NC(=O)C(C)(C)SCCC1CCOC1)N(C)C(C)(C)C. The van der Waals surface area contributed by atoms with E-state index in [0.717, 1.165) is 38.2 Å². The van der Waals surface area contributed by atoms with Gasteiger partial charge in [0, 0.05) is 24.8 Å². The molecule has 2 N–H and O–H groups in total. The molecule has 6 nitrogen and oxygen atoms in total. The Morgan fingerprint density at radius 1 is 1.41 bits per heavy atom. The van der Waals surface area contributed by atoms with E-state index in [-0.39, 0.29) is 17.5 Å². The Morgan fingerprint density at radius 3 is 2.59 bits per heavy atom. The van der Waals surface area contributed by atoms with E-state index in [1.54, 1.807) is 11.8 Å². The highest BCUT2D eigenvalue weighted by atomic mass is 32.2. The first-order valence-corrected chi connectivity index (χ1v) is 10.8. The molecule has 2 unspecified atom stereocenters. The summed E-state index contributed by atoms with van der Waals surface area (Å²) in [6.07, 6.45) is 4.76. The summed E-state index contributed by atoms with van der Waals surface area (Å²) in [4.78, 5) is 14.9. The Hall–Kier alpha value is -0.920. The summed E-state index contributed by atoms with van der Waals surface area (Å²) >= 11 is 1.65. The summed E-state index contributed by atoms with van der Waals surface area (Å²) in [6.45, 7) is 14.2. The summed E-state index contributed by atoms with van der Waals surface area (Å²) in [7, 11) is 2.09. The highest BCUT2D eigenvalue weighted by Gasteiger charge is 2.29. The third kappa shape index (κ3) is 8.32. The molecule has 0 bridgehead atoms. The maximum absolute atomic E-state index is 12.6. The van der Waals surface area contributed by atoms with Crippen molar-refractivity contribution in [1.82, 2.24) is 10.2 Å². The van der Waals surface area contributed by atoms with Crippen LogP contribution < -0.4 is 5.32 Å². The number of nitrogens with zero attached hydrogens (tertiary/aromatic N) is 2. The van der Waals surface area contributed by atoms with Crippen LogP contribution in [0.3, 0.4) is 0 Å². The van der Waals surface area contributed by atoms with Gasteiger partial charge in [0.2, 0.25) is 5.91 Å². The van der Waals surface area contributed by atoms with Gasteiger partial charge in [0.15, 0.2) is 5.82 Å². The van der Waals surface area contributed by atoms with Crippen LogP contribution in [0.25, 0.3) is 0 Å². The monoisotopic (exact) mass is 398 g/mol. The average molecular weight is 399 g/mol. The smallest absolute Gasteiger partial charge is 0.241 e. The van der Waals surface area contributed by atoms with Crippen LogP contribution in [0.4, 0.5) is 0 Å². The molecule has 0 aromatic carbocycles. The van der Waals surface area contributed by atoms with E-state index in [1.165, 1.54) is 0 Å². The fraction of sp³-hybridized carbons (Fsp3) is 0.850. The van der Waals surface area contributed by atoms with Crippen LogP contribution >= 0.6 is 11.8 Å². The van der Waals surface area contributed by atoms with E-state index in [4.69, 9.17) is 10.3 Å². The maximum atomic E-state index is 12.6. The molecule has 1 fully saturated rings. The molecule has 1 saturated heterocycles. The number of carbonyl (C=O) groups excluding carboxylic acids is 1. The van der Waals surface area contributed by atoms with Crippen molar-refractivity contribution in [2.24, 2.45) is 11.0 Å². The zero-order chi connectivity index (χ0) is 20.7. The van der Waals surface area contributed by atoms with Gasteiger partial charge in [-0.05, 0) is 85.6 Å². The summed E-state index contributed by atoms with van der Waals surface area (Å²) in [5, 5.41) is 6.34. The second kappa shape index (κ2) is 10.6. The topological polar surface area (TPSA) is 77.8 Å². The minimum Gasteiger partial charge on any atom is -0.381 e. The van der Waals surface area contributed by atoms with Crippen molar-refractivity contribution < 1.29 is 9.53 Å². The molecule has 2 atom stereocenters. The van der Waals surface area contributed by atoms with Gasteiger partial charge in [-0.2, -0.15) is 0 Å². The third-order valence-electron chi connectivity index (χ3n) is 5.29. The summed E-state index contributed by atoms with van der Waals surface area (Å²) in [5.41, 5.74) is 7.46. The van der Waals surface area contributed by atoms with Gasteiger partial charge in [-0.1, -0.05) is 0 Å². The van der Waals surface area contributed by atoms with E-state index in [2.05, 4.69) is 50.1 Å². The van der Waals surface area contributed by atoms with Gasteiger partial charge in [0.1, 0.15) is 0 Å². The van der Waals surface area contributed by atoms with Crippen molar-refractivity contribution in [3.05, 3.63) is 11.9 Å². The number of nitrogens with one attached hydrogen (secondary N) is 2. The van der Waals surface area contributed by atoms with Crippen LogP contribution in [-0.4, -0.2) is 53.1 Å². The van der Waals surface area contributed by atoms with Crippen molar-refractivity contribution in [1.29, 1.82) is 5.53 Å². The molecule has 7 heteroatoms. The number of rotatable bonds is 10. The standard InChI is InChI=1S/C20H38N4O2S/c1-15(24(7)19(2,3)4)8-9-17(23-21)22-18(25)20(5,6)27-13-11-16-10-12-26-14-16/h9,15-16,21H,8,10-14H2,1-7H3,(H,22,25). The first kappa shape index (κ1) is 24.1. The first-order chi connectivity index (χ1) is 12.5. The van der Waals surface area contributed by atoms with Gasteiger partial charge >= 0.3 is 0 Å². The lowest BCUT2D eigenvalue weighted by atomic mass is 10.0. The maximum Gasteiger partial charge on any atom is 0.241 e. The van der Waals surface area contributed by atoms with Gasteiger partial charge in [0.05, 0.1) is 4.75 Å². The van der Waals surface area contributed by atoms with Gasteiger partial charge in [-0.3, -0.25) is 9.69 Å². The quantitative estimate of drug-likeness (QED) is 0.534. The number of amides is 1. The predicted octanol–water partition coefficient (Wildman–Crippen LogP) is 4.42. The van der Waals surface area contributed by atoms with Gasteiger partial charge in [-0.25, -0.2) is 5.53 Å².